The second-order valence-electron chi connectivity index (χ2n) is 9.63. The minimum Gasteiger partial charge on any atom is -0.486 e. The molecule has 2 atom stereocenters. The zero-order valence-corrected chi connectivity index (χ0v) is 19.5. The first-order valence-electron chi connectivity index (χ1n) is 12.0. The van der Waals surface area contributed by atoms with E-state index in [2.05, 4.69) is 30.9 Å². The van der Waals surface area contributed by atoms with Crippen molar-refractivity contribution in [2.45, 2.75) is 64.1 Å². The summed E-state index contributed by atoms with van der Waals surface area (Å²) in [4.78, 5) is 31.0. The van der Waals surface area contributed by atoms with Gasteiger partial charge in [0.05, 0.1) is 11.6 Å². The molecule has 2 aromatic carbocycles. The van der Waals surface area contributed by atoms with Gasteiger partial charge in [0.15, 0.2) is 11.5 Å². The molecule has 33 heavy (non-hydrogen) atoms. The highest BCUT2D eigenvalue weighted by Crippen LogP contribution is 2.41. The summed E-state index contributed by atoms with van der Waals surface area (Å²) in [6, 6.07) is 13.7. The van der Waals surface area contributed by atoms with E-state index in [-0.39, 0.29) is 23.4 Å². The van der Waals surface area contributed by atoms with Crippen molar-refractivity contribution < 1.29 is 19.1 Å². The van der Waals surface area contributed by atoms with Gasteiger partial charge < -0.3 is 19.3 Å². The Bertz CT molecular complexity index is 1070. The van der Waals surface area contributed by atoms with Crippen molar-refractivity contribution in [1.82, 2.24) is 9.80 Å². The van der Waals surface area contributed by atoms with Gasteiger partial charge in [0.1, 0.15) is 13.2 Å². The van der Waals surface area contributed by atoms with Crippen molar-refractivity contribution >= 4 is 11.8 Å². The van der Waals surface area contributed by atoms with Gasteiger partial charge in [-0.05, 0) is 62.4 Å². The van der Waals surface area contributed by atoms with Gasteiger partial charge in [0, 0.05) is 25.1 Å². The smallest absolute Gasteiger partial charge is 0.254 e. The number of hydrogen-bond donors (Lipinski definition) is 0. The predicted octanol–water partition coefficient (Wildman–Crippen LogP) is 4.34. The molecular formula is C27H32N2O4. The van der Waals surface area contributed by atoms with Gasteiger partial charge in [-0.15, -0.1) is 0 Å². The third kappa shape index (κ3) is 3.96. The van der Waals surface area contributed by atoms with Crippen LogP contribution in [0.1, 0.15) is 60.5 Å². The molecule has 5 rings (SSSR count). The average Bonchev–Trinajstić information content (AvgIpc) is 3.15. The number of nitrogens with zero attached hydrogens (tertiary/aromatic N) is 2. The van der Waals surface area contributed by atoms with E-state index in [9.17, 15) is 9.59 Å². The van der Waals surface area contributed by atoms with Gasteiger partial charge in [0.2, 0.25) is 5.91 Å². The summed E-state index contributed by atoms with van der Waals surface area (Å²) >= 11 is 0. The highest BCUT2D eigenvalue weighted by molar-refractivity contribution is 5.95. The van der Waals surface area contributed by atoms with E-state index in [0.29, 0.717) is 49.8 Å². The summed E-state index contributed by atoms with van der Waals surface area (Å²) in [6.45, 7) is 6.52. The third-order valence-corrected chi connectivity index (χ3v) is 7.63. The Hall–Kier alpha value is -3.02. The Balaban J connectivity index is 1.45. The van der Waals surface area contributed by atoms with Crippen LogP contribution in [-0.4, -0.2) is 53.0 Å². The topological polar surface area (TPSA) is 59.1 Å². The lowest BCUT2D eigenvalue weighted by atomic mass is 9.84. The standard InChI is InChI=1S/C27H32N2O4/c1-19-7-3-4-8-21(19)18-29-25(30)10-6-5-9-24-27(29,2)13-14-28(24)26(31)20-11-12-22-23(17-20)33-16-15-32-22/h3-4,7-8,11-12,17,24H,5-6,9-10,13-16,18H2,1-2H3/t24-,27-/m1/s1. The molecule has 3 aliphatic heterocycles. The highest BCUT2D eigenvalue weighted by Gasteiger charge is 2.51. The lowest BCUT2D eigenvalue weighted by Crippen LogP contribution is -2.58. The number of ether oxygens (including phenoxy) is 2. The van der Waals surface area contributed by atoms with E-state index in [4.69, 9.17) is 9.47 Å². The summed E-state index contributed by atoms with van der Waals surface area (Å²) in [5, 5.41) is 0. The molecule has 6 nitrogen and oxygen atoms in total. The van der Waals surface area contributed by atoms with Crippen molar-refractivity contribution in [1.29, 1.82) is 0 Å². The number of fused-ring (bicyclic) bond motifs is 2. The lowest BCUT2D eigenvalue weighted by molar-refractivity contribution is -0.140. The van der Waals surface area contributed by atoms with Crippen LogP contribution in [0.3, 0.4) is 0 Å². The van der Waals surface area contributed by atoms with Gasteiger partial charge in [-0.25, -0.2) is 0 Å². The molecule has 3 aliphatic rings. The molecule has 174 valence electrons. The molecule has 0 unspecified atom stereocenters. The van der Waals surface area contributed by atoms with Crippen molar-refractivity contribution in [2.75, 3.05) is 19.8 Å². The van der Waals surface area contributed by atoms with Crippen LogP contribution in [-0.2, 0) is 11.3 Å². The number of benzene rings is 2. The molecule has 3 heterocycles. The van der Waals surface area contributed by atoms with Crippen LogP contribution in [0.25, 0.3) is 0 Å². The first-order chi connectivity index (χ1) is 16.0. The van der Waals surface area contributed by atoms with Gasteiger partial charge in [-0.3, -0.25) is 9.59 Å². The number of hydrogen-bond acceptors (Lipinski definition) is 4. The monoisotopic (exact) mass is 448 g/mol. The number of likely N-dealkylation sites (tertiary alicyclic amines) is 2. The number of aryl methyl sites for hydroxylation is 1. The molecule has 6 heteroatoms. The predicted molar refractivity (Wildman–Crippen MR) is 125 cm³/mol. The van der Waals surface area contributed by atoms with Crippen LogP contribution in [0.2, 0.25) is 0 Å². The summed E-state index contributed by atoms with van der Waals surface area (Å²) in [7, 11) is 0. The summed E-state index contributed by atoms with van der Waals surface area (Å²) in [5.74, 6) is 1.51. The first kappa shape index (κ1) is 21.8. The van der Waals surface area contributed by atoms with E-state index >= 15 is 0 Å². The molecule has 0 aliphatic carbocycles. The van der Waals surface area contributed by atoms with Crippen LogP contribution in [0.4, 0.5) is 0 Å². The quantitative estimate of drug-likeness (QED) is 0.701. The molecule has 0 spiro atoms. The maximum atomic E-state index is 13.7. The molecule has 2 fully saturated rings. The van der Waals surface area contributed by atoms with Gasteiger partial charge in [-0.1, -0.05) is 30.7 Å². The molecule has 2 amide bonds. The van der Waals surface area contributed by atoms with E-state index in [1.54, 1.807) is 6.07 Å². The number of amides is 2. The SMILES string of the molecule is Cc1ccccc1CN1C(=O)CCCC[C@H]2N(C(=O)c3ccc4c(c3)OCCO4)CC[C@]21C. The molecule has 2 saturated heterocycles. The van der Waals surface area contributed by atoms with Crippen LogP contribution >= 0.6 is 0 Å². The lowest BCUT2D eigenvalue weighted by Gasteiger charge is -2.46. The van der Waals surface area contributed by atoms with Crippen molar-refractivity contribution in [3.8, 4) is 11.5 Å². The van der Waals surface area contributed by atoms with Crippen LogP contribution in [0.5, 0.6) is 11.5 Å². The highest BCUT2D eigenvalue weighted by atomic mass is 16.6. The molecule has 0 N–H and O–H groups in total. The fourth-order valence-corrected chi connectivity index (χ4v) is 5.63. The van der Waals surface area contributed by atoms with E-state index in [1.165, 1.54) is 11.1 Å². The van der Waals surface area contributed by atoms with Crippen LogP contribution in [0.15, 0.2) is 42.5 Å². The summed E-state index contributed by atoms with van der Waals surface area (Å²) < 4.78 is 11.3. The Kier molecular flexibility index (Phi) is 5.77. The van der Waals surface area contributed by atoms with Gasteiger partial charge in [0.25, 0.3) is 5.91 Å². The Morgan fingerprint density at radius 1 is 1.09 bits per heavy atom. The maximum absolute atomic E-state index is 13.7. The summed E-state index contributed by atoms with van der Waals surface area (Å²) in [6.07, 6.45) is 4.08. The Morgan fingerprint density at radius 2 is 1.88 bits per heavy atom. The minimum atomic E-state index is -0.386. The van der Waals surface area contributed by atoms with E-state index in [1.807, 2.05) is 29.2 Å². The fourth-order valence-electron chi connectivity index (χ4n) is 5.63. The Morgan fingerprint density at radius 3 is 2.70 bits per heavy atom. The van der Waals surface area contributed by atoms with Gasteiger partial charge in [-0.2, -0.15) is 0 Å². The van der Waals surface area contributed by atoms with Crippen LogP contribution < -0.4 is 9.47 Å². The summed E-state index contributed by atoms with van der Waals surface area (Å²) in [5.41, 5.74) is 2.59. The van der Waals surface area contributed by atoms with Crippen molar-refractivity contribution in [2.24, 2.45) is 0 Å². The Labute approximate surface area is 195 Å². The van der Waals surface area contributed by atoms with Crippen LogP contribution in [0, 0.1) is 6.92 Å². The third-order valence-electron chi connectivity index (χ3n) is 7.63. The zero-order valence-electron chi connectivity index (χ0n) is 19.5. The average molecular weight is 449 g/mol. The first-order valence-corrected chi connectivity index (χ1v) is 12.0. The number of carbonyl (C=O) groups is 2. The van der Waals surface area contributed by atoms with E-state index in [0.717, 1.165) is 25.7 Å². The number of rotatable bonds is 3. The molecule has 0 aromatic heterocycles. The van der Waals surface area contributed by atoms with Crippen molar-refractivity contribution in [3.63, 3.8) is 0 Å². The molecule has 0 saturated carbocycles. The second kappa shape index (κ2) is 8.73. The molecule has 0 radical (unpaired) electrons. The van der Waals surface area contributed by atoms with Crippen molar-refractivity contribution in [3.05, 3.63) is 59.2 Å². The minimum absolute atomic E-state index is 0.00422. The molecule has 0 bridgehead atoms. The largest absolute Gasteiger partial charge is 0.486 e. The molecule has 2 aromatic rings. The molecular weight excluding hydrogens is 416 g/mol. The van der Waals surface area contributed by atoms with Gasteiger partial charge >= 0.3 is 0 Å². The second-order valence-corrected chi connectivity index (χ2v) is 9.63. The van der Waals surface area contributed by atoms with E-state index < -0.39 is 0 Å². The zero-order chi connectivity index (χ0) is 23.0. The fraction of sp³-hybridized carbons (Fsp3) is 0.481. The maximum Gasteiger partial charge on any atom is 0.254 e. The normalized spacial score (nSPS) is 24.8. The number of carbonyl (C=O) groups excluding carboxylic acids is 2.